The lowest BCUT2D eigenvalue weighted by Gasteiger charge is -2.07. The molecular weight excluding hydrogens is 299 g/mol. The first kappa shape index (κ1) is 12.7. The van der Waals surface area contributed by atoms with Gasteiger partial charge < -0.3 is 5.32 Å². The Morgan fingerprint density at radius 1 is 1.39 bits per heavy atom. The lowest BCUT2D eigenvalue weighted by Crippen LogP contribution is -2.15. The van der Waals surface area contributed by atoms with E-state index >= 15 is 0 Å². The van der Waals surface area contributed by atoms with Gasteiger partial charge in [0.25, 0.3) is 5.91 Å². The van der Waals surface area contributed by atoms with Crippen molar-refractivity contribution in [2.24, 2.45) is 0 Å². The van der Waals surface area contributed by atoms with Crippen LogP contribution in [0.1, 0.15) is 15.9 Å². The molecule has 5 heteroatoms. The normalized spacial score (nSPS) is 10.2. The number of aromatic nitrogens is 1. The number of hydrogen-bond donors (Lipinski definition) is 1. The first-order valence-electron chi connectivity index (χ1n) is 5.26. The Balaban J connectivity index is 2.25. The molecule has 0 saturated heterocycles. The highest BCUT2D eigenvalue weighted by atomic mass is 79.9. The molecule has 0 radical (unpaired) electrons. The van der Waals surface area contributed by atoms with Crippen LogP contribution in [0.5, 0.6) is 0 Å². The van der Waals surface area contributed by atoms with Crippen LogP contribution in [-0.2, 0) is 0 Å². The summed E-state index contributed by atoms with van der Waals surface area (Å²) in [6.07, 6.45) is 1.57. The molecule has 18 heavy (non-hydrogen) atoms. The van der Waals surface area contributed by atoms with Gasteiger partial charge in [-0.1, -0.05) is 22.0 Å². The number of nitrogens with one attached hydrogen (secondary N) is 1. The number of hydrogen-bond acceptors (Lipinski definition) is 2. The molecular formula is C13H10BrFN2O. The van der Waals surface area contributed by atoms with Crippen LogP contribution in [0.4, 0.5) is 10.2 Å². The molecule has 0 fully saturated rings. The van der Waals surface area contributed by atoms with Crippen molar-refractivity contribution in [3.05, 3.63) is 57.9 Å². The van der Waals surface area contributed by atoms with E-state index in [0.717, 1.165) is 5.56 Å². The Kier molecular flexibility index (Phi) is 3.72. The number of carbonyl (C=O) groups excluding carboxylic acids is 1. The number of carbonyl (C=O) groups is 1. The fourth-order valence-corrected chi connectivity index (χ4v) is 1.80. The molecule has 1 amide bonds. The van der Waals surface area contributed by atoms with Crippen molar-refractivity contribution in [3.8, 4) is 0 Å². The maximum atomic E-state index is 13.6. The number of aryl methyl sites for hydroxylation is 1. The summed E-state index contributed by atoms with van der Waals surface area (Å²) in [6, 6.07) is 7.88. The van der Waals surface area contributed by atoms with Gasteiger partial charge in [0.15, 0.2) is 0 Å². The van der Waals surface area contributed by atoms with Crippen molar-refractivity contribution in [2.75, 3.05) is 5.32 Å². The first-order valence-corrected chi connectivity index (χ1v) is 6.05. The highest BCUT2D eigenvalue weighted by Crippen LogP contribution is 2.17. The van der Waals surface area contributed by atoms with Gasteiger partial charge in [-0.05, 0) is 36.8 Å². The molecule has 0 aliphatic heterocycles. The van der Waals surface area contributed by atoms with Crippen LogP contribution in [0, 0.1) is 12.7 Å². The summed E-state index contributed by atoms with van der Waals surface area (Å²) in [4.78, 5) is 15.9. The zero-order valence-corrected chi connectivity index (χ0v) is 11.2. The van der Waals surface area contributed by atoms with E-state index in [4.69, 9.17) is 0 Å². The topological polar surface area (TPSA) is 42.0 Å². The zero-order valence-electron chi connectivity index (χ0n) is 9.58. The SMILES string of the molecule is Cc1cccnc1NC(=O)c1ccc(Br)cc1F. The Labute approximate surface area is 112 Å². The van der Waals surface area contributed by atoms with Crippen LogP contribution < -0.4 is 5.32 Å². The highest BCUT2D eigenvalue weighted by Gasteiger charge is 2.13. The van der Waals surface area contributed by atoms with Gasteiger partial charge in [-0.25, -0.2) is 9.37 Å². The van der Waals surface area contributed by atoms with Gasteiger partial charge in [-0.15, -0.1) is 0 Å². The molecule has 0 spiro atoms. The van der Waals surface area contributed by atoms with Crippen LogP contribution >= 0.6 is 15.9 Å². The van der Waals surface area contributed by atoms with E-state index in [1.165, 1.54) is 12.1 Å². The molecule has 2 aromatic rings. The van der Waals surface area contributed by atoms with E-state index in [-0.39, 0.29) is 5.56 Å². The van der Waals surface area contributed by atoms with Gasteiger partial charge >= 0.3 is 0 Å². The first-order chi connectivity index (χ1) is 8.58. The van der Waals surface area contributed by atoms with Crippen LogP contribution in [-0.4, -0.2) is 10.9 Å². The van der Waals surface area contributed by atoms with Gasteiger partial charge in [0.2, 0.25) is 0 Å². The van der Waals surface area contributed by atoms with Crippen LogP contribution in [0.25, 0.3) is 0 Å². The Bertz CT molecular complexity index is 601. The molecule has 92 valence electrons. The average molecular weight is 309 g/mol. The second-order valence-electron chi connectivity index (χ2n) is 3.75. The predicted octanol–water partition coefficient (Wildman–Crippen LogP) is 3.54. The molecule has 0 unspecified atom stereocenters. The van der Waals surface area contributed by atoms with Crippen LogP contribution in [0.3, 0.4) is 0 Å². The molecule has 1 aromatic heterocycles. The van der Waals surface area contributed by atoms with Crippen molar-refractivity contribution >= 4 is 27.7 Å². The number of nitrogens with zero attached hydrogens (tertiary/aromatic N) is 1. The number of benzene rings is 1. The molecule has 0 atom stereocenters. The number of anilines is 1. The van der Waals surface area contributed by atoms with E-state index in [1.54, 1.807) is 18.3 Å². The monoisotopic (exact) mass is 308 g/mol. The van der Waals surface area contributed by atoms with E-state index in [2.05, 4.69) is 26.2 Å². The standard InChI is InChI=1S/C13H10BrFN2O/c1-8-3-2-6-16-12(8)17-13(18)10-5-4-9(14)7-11(10)15/h2-7H,1H3,(H,16,17,18). The molecule has 0 saturated carbocycles. The zero-order chi connectivity index (χ0) is 13.1. The fraction of sp³-hybridized carbons (Fsp3) is 0.0769. The minimum absolute atomic E-state index is 0.0109. The summed E-state index contributed by atoms with van der Waals surface area (Å²) in [5.41, 5.74) is 0.812. The van der Waals surface area contributed by atoms with Gasteiger partial charge in [0, 0.05) is 10.7 Å². The van der Waals surface area contributed by atoms with Gasteiger partial charge in [-0.3, -0.25) is 4.79 Å². The Morgan fingerprint density at radius 2 is 2.17 bits per heavy atom. The van der Waals surface area contributed by atoms with Gasteiger partial charge in [0.1, 0.15) is 11.6 Å². The van der Waals surface area contributed by atoms with Crippen molar-refractivity contribution in [1.29, 1.82) is 0 Å². The summed E-state index contributed by atoms with van der Waals surface area (Å²) in [7, 11) is 0. The average Bonchev–Trinajstić information content (AvgIpc) is 2.32. The predicted molar refractivity (Wildman–Crippen MR) is 71.0 cm³/mol. The molecule has 1 heterocycles. The third-order valence-corrected chi connectivity index (χ3v) is 2.91. The molecule has 1 N–H and O–H groups in total. The minimum atomic E-state index is -0.574. The maximum absolute atomic E-state index is 13.6. The second kappa shape index (κ2) is 5.27. The van der Waals surface area contributed by atoms with E-state index in [1.807, 2.05) is 13.0 Å². The second-order valence-corrected chi connectivity index (χ2v) is 4.66. The quantitative estimate of drug-likeness (QED) is 0.922. The Hall–Kier alpha value is -1.75. The van der Waals surface area contributed by atoms with E-state index in [0.29, 0.717) is 10.3 Å². The number of rotatable bonds is 2. The molecule has 3 nitrogen and oxygen atoms in total. The van der Waals surface area contributed by atoms with Crippen molar-refractivity contribution < 1.29 is 9.18 Å². The molecule has 0 aliphatic rings. The molecule has 0 bridgehead atoms. The number of amides is 1. The summed E-state index contributed by atoms with van der Waals surface area (Å²) in [6.45, 7) is 1.82. The minimum Gasteiger partial charge on any atom is -0.306 e. The molecule has 0 aliphatic carbocycles. The Morgan fingerprint density at radius 3 is 2.83 bits per heavy atom. The summed E-state index contributed by atoms with van der Waals surface area (Å²) in [5, 5.41) is 2.58. The highest BCUT2D eigenvalue weighted by molar-refractivity contribution is 9.10. The van der Waals surface area contributed by atoms with Crippen molar-refractivity contribution in [1.82, 2.24) is 4.98 Å². The summed E-state index contributed by atoms with van der Waals surface area (Å²) in [5.74, 6) is -0.651. The molecule has 2 rings (SSSR count). The van der Waals surface area contributed by atoms with Gasteiger partial charge in [0.05, 0.1) is 5.56 Å². The third-order valence-electron chi connectivity index (χ3n) is 2.42. The van der Waals surface area contributed by atoms with Crippen molar-refractivity contribution in [2.45, 2.75) is 6.92 Å². The fourth-order valence-electron chi connectivity index (χ4n) is 1.47. The van der Waals surface area contributed by atoms with Crippen LogP contribution in [0.15, 0.2) is 41.0 Å². The van der Waals surface area contributed by atoms with Crippen LogP contribution in [0.2, 0.25) is 0 Å². The summed E-state index contributed by atoms with van der Waals surface area (Å²) < 4.78 is 14.2. The smallest absolute Gasteiger partial charge is 0.259 e. The molecule has 1 aromatic carbocycles. The van der Waals surface area contributed by atoms with E-state index in [9.17, 15) is 9.18 Å². The van der Waals surface area contributed by atoms with E-state index < -0.39 is 11.7 Å². The third kappa shape index (κ3) is 2.73. The maximum Gasteiger partial charge on any atom is 0.259 e. The lowest BCUT2D eigenvalue weighted by atomic mass is 10.2. The van der Waals surface area contributed by atoms with Crippen molar-refractivity contribution in [3.63, 3.8) is 0 Å². The number of pyridine rings is 1. The summed E-state index contributed by atoms with van der Waals surface area (Å²) >= 11 is 3.14. The number of halogens is 2. The lowest BCUT2D eigenvalue weighted by molar-refractivity contribution is 0.102. The van der Waals surface area contributed by atoms with Gasteiger partial charge in [-0.2, -0.15) is 0 Å². The largest absolute Gasteiger partial charge is 0.306 e.